The largest absolute Gasteiger partial charge is 0.357 e. The molecule has 106 valence electrons. The summed E-state index contributed by atoms with van der Waals surface area (Å²) in [7, 11) is 1.78. The van der Waals surface area contributed by atoms with Crippen molar-refractivity contribution in [3.05, 3.63) is 41.7 Å². The van der Waals surface area contributed by atoms with Crippen molar-refractivity contribution in [2.24, 2.45) is 0 Å². The van der Waals surface area contributed by atoms with Crippen molar-refractivity contribution in [2.45, 2.75) is 13.8 Å². The van der Waals surface area contributed by atoms with Crippen molar-refractivity contribution in [3.8, 4) is 0 Å². The SMILES string of the molecule is CNc1nc(Nc2ccc(C)cc2C)c2nccnc2n1. The predicted molar refractivity (Wildman–Crippen MR) is 83.9 cm³/mol. The molecule has 21 heavy (non-hydrogen) atoms. The Kier molecular flexibility index (Phi) is 3.35. The molecule has 0 fully saturated rings. The van der Waals surface area contributed by atoms with Gasteiger partial charge in [0, 0.05) is 25.1 Å². The Bertz CT molecular complexity index is 799. The molecule has 0 aliphatic rings. The van der Waals surface area contributed by atoms with Crippen LogP contribution in [0.2, 0.25) is 0 Å². The summed E-state index contributed by atoms with van der Waals surface area (Å²) in [6.45, 7) is 4.13. The predicted octanol–water partition coefficient (Wildman–Crippen LogP) is 2.82. The Morgan fingerprint density at radius 2 is 1.81 bits per heavy atom. The summed E-state index contributed by atoms with van der Waals surface area (Å²) < 4.78 is 0. The van der Waals surface area contributed by atoms with Crippen molar-refractivity contribution >= 4 is 28.6 Å². The summed E-state index contributed by atoms with van der Waals surface area (Å²) in [6.07, 6.45) is 3.26. The van der Waals surface area contributed by atoms with Gasteiger partial charge < -0.3 is 10.6 Å². The molecule has 0 saturated carbocycles. The van der Waals surface area contributed by atoms with Crippen LogP contribution in [0.4, 0.5) is 17.5 Å². The Morgan fingerprint density at radius 1 is 1.00 bits per heavy atom. The molecule has 6 nitrogen and oxygen atoms in total. The zero-order chi connectivity index (χ0) is 14.8. The highest BCUT2D eigenvalue weighted by molar-refractivity contribution is 5.85. The van der Waals surface area contributed by atoms with Crippen LogP contribution >= 0.6 is 0 Å². The normalized spacial score (nSPS) is 10.6. The minimum Gasteiger partial charge on any atom is -0.357 e. The summed E-state index contributed by atoms with van der Waals surface area (Å²) >= 11 is 0. The van der Waals surface area contributed by atoms with Crippen molar-refractivity contribution in [3.63, 3.8) is 0 Å². The second-order valence-corrected chi connectivity index (χ2v) is 4.82. The van der Waals surface area contributed by atoms with Gasteiger partial charge in [-0.3, -0.25) is 0 Å². The minimum atomic E-state index is 0.510. The number of aryl methyl sites for hydroxylation is 2. The van der Waals surface area contributed by atoms with Crippen LogP contribution < -0.4 is 10.6 Å². The third kappa shape index (κ3) is 2.60. The lowest BCUT2D eigenvalue weighted by atomic mass is 10.1. The second kappa shape index (κ2) is 5.32. The average Bonchev–Trinajstić information content (AvgIpc) is 2.49. The summed E-state index contributed by atoms with van der Waals surface area (Å²) in [4.78, 5) is 17.3. The van der Waals surface area contributed by atoms with E-state index in [1.807, 2.05) is 6.07 Å². The molecule has 3 rings (SSSR count). The fraction of sp³-hybridized carbons (Fsp3) is 0.200. The van der Waals surface area contributed by atoms with E-state index in [1.54, 1.807) is 19.4 Å². The standard InChI is InChI=1S/C15H16N6/c1-9-4-5-11(10(2)8-9)19-14-12-13(18-7-6-17-12)20-15(16-3)21-14/h4-8H,1-3H3,(H2,16,18,19,20,21). The maximum atomic E-state index is 4.44. The highest BCUT2D eigenvalue weighted by Crippen LogP contribution is 2.24. The first kappa shape index (κ1) is 13.2. The molecule has 2 N–H and O–H groups in total. The topological polar surface area (TPSA) is 75.6 Å². The van der Waals surface area contributed by atoms with E-state index in [2.05, 4.69) is 56.5 Å². The first-order valence-electron chi connectivity index (χ1n) is 6.68. The lowest BCUT2D eigenvalue weighted by molar-refractivity contribution is 1.14. The van der Waals surface area contributed by atoms with Gasteiger partial charge in [0.1, 0.15) is 0 Å². The second-order valence-electron chi connectivity index (χ2n) is 4.82. The quantitative estimate of drug-likeness (QED) is 0.768. The highest BCUT2D eigenvalue weighted by Gasteiger charge is 2.10. The summed E-state index contributed by atoms with van der Waals surface area (Å²) in [5, 5.41) is 6.26. The molecule has 0 bridgehead atoms. The Labute approximate surface area is 122 Å². The van der Waals surface area contributed by atoms with Crippen LogP contribution in [0, 0.1) is 13.8 Å². The smallest absolute Gasteiger partial charge is 0.226 e. The van der Waals surface area contributed by atoms with E-state index in [9.17, 15) is 0 Å². The molecule has 0 aliphatic carbocycles. The molecule has 0 amide bonds. The Hall–Kier alpha value is -2.76. The number of anilines is 3. The van der Waals surface area contributed by atoms with Gasteiger partial charge in [0.15, 0.2) is 17.0 Å². The fourth-order valence-corrected chi connectivity index (χ4v) is 2.14. The Morgan fingerprint density at radius 3 is 2.57 bits per heavy atom. The number of aromatic nitrogens is 4. The number of rotatable bonds is 3. The molecule has 1 aromatic carbocycles. The van der Waals surface area contributed by atoms with E-state index in [-0.39, 0.29) is 0 Å². The van der Waals surface area contributed by atoms with Crippen molar-refractivity contribution in [2.75, 3.05) is 17.7 Å². The highest BCUT2D eigenvalue weighted by atomic mass is 15.2. The number of hydrogen-bond donors (Lipinski definition) is 2. The number of nitrogens with one attached hydrogen (secondary N) is 2. The van der Waals surface area contributed by atoms with Gasteiger partial charge in [0.05, 0.1) is 0 Å². The van der Waals surface area contributed by atoms with Crippen molar-refractivity contribution < 1.29 is 0 Å². The molecule has 0 saturated heterocycles. The molecule has 0 unspecified atom stereocenters. The molecule has 3 aromatic rings. The lowest BCUT2D eigenvalue weighted by Gasteiger charge is -2.11. The maximum absolute atomic E-state index is 4.44. The molecule has 6 heteroatoms. The van der Waals surface area contributed by atoms with Gasteiger partial charge in [-0.05, 0) is 25.5 Å². The number of benzene rings is 1. The Balaban J connectivity index is 2.10. The van der Waals surface area contributed by atoms with Gasteiger partial charge in [-0.2, -0.15) is 9.97 Å². The van der Waals surface area contributed by atoms with Crippen LogP contribution in [0.15, 0.2) is 30.6 Å². The number of fused-ring (bicyclic) bond motifs is 1. The summed E-state index contributed by atoms with van der Waals surface area (Å²) in [6, 6.07) is 6.22. The van der Waals surface area contributed by atoms with Gasteiger partial charge in [-0.1, -0.05) is 17.7 Å². The van der Waals surface area contributed by atoms with E-state index in [0.29, 0.717) is 22.9 Å². The van der Waals surface area contributed by atoms with Gasteiger partial charge in [-0.25, -0.2) is 9.97 Å². The van der Waals surface area contributed by atoms with E-state index in [1.165, 1.54) is 5.56 Å². The van der Waals surface area contributed by atoms with Crippen LogP contribution in [0.5, 0.6) is 0 Å². The fourth-order valence-electron chi connectivity index (χ4n) is 2.14. The molecule has 2 aromatic heterocycles. The molecule has 0 aliphatic heterocycles. The average molecular weight is 280 g/mol. The van der Waals surface area contributed by atoms with Crippen LogP contribution in [0.25, 0.3) is 11.2 Å². The summed E-state index contributed by atoms with van der Waals surface area (Å²) in [5.74, 6) is 1.15. The zero-order valence-electron chi connectivity index (χ0n) is 12.2. The maximum Gasteiger partial charge on any atom is 0.226 e. The van der Waals surface area contributed by atoms with Crippen molar-refractivity contribution in [1.29, 1.82) is 0 Å². The van der Waals surface area contributed by atoms with E-state index < -0.39 is 0 Å². The number of hydrogen-bond acceptors (Lipinski definition) is 6. The van der Waals surface area contributed by atoms with Gasteiger partial charge in [0.2, 0.25) is 5.95 Å². The van der Waals surface area contributed by atoms with Gasteiger partial charge in [-0.15, -0.1) is 0 Å². The van der Waals surface area contributed by atoms with Gasteiger partial charge >= 0.3 is 0 Å². The van der Waals surface area contributed by atoms with Crippen LogP contribution in [-0.2, 0) is 0 Å². The van der Waals surface area contributed by atoms with Crippen molar-refractivity contribution in [1.82, 2.24) is 19.9 Å². The third-order valence-corrected chi connectivity index (χ3v) is 3.19. The lowest BCUT2D eigenvalue weighted by Crippen LogP contribution is -2.04. The van der Waals surface area contributed by atoms with E-state index in [0.717, 1.165) is 11.3 Å². The molecular weight excluding hydrogens is 264 g/mol. The monoisotopic (exact) mass is 280 g/mol. The van der Waals surface area contributed by atoms with E-state index >= 15 is 0 Å². The molecule has 2 heterocycles. The number of nitrogens with zero attached hydrogens (tertiary/aromatic N) is 4. The zero-order valence-corrected chi connectivity index (χ0v) is 12.2. The first-order valence-corrected chi connectivity index (χ1v) is 6.68. The van der Waals surface area contributed by atoms with Gasteiger partial charge in [0.25, 0.3) is 0 Å². The summed E-state index contributed by atoms with van der Waals surface area (Å²) in [5.41, 5.74) is 4.58. The third-order valence-electron chi connectivity index (χ3n) is 3.19. The van der Waals surface area contributed by atoms with E-state index in [4.69, 9.17) is 0 Å². The van der Waals surface area contributed by atoms with Crippen LogP contribution in [-0.4, -0.2) is 27.0 Å². The first-order chi connectivity index (χ1) is 10.2. The minimum absolute atomic E-state index is 0.510. The van der Waals surface area contributed by atoms with Crippen LogP contribution in [0.1, 0.15) is 11.1 Å². The molecule has 0 atom stereocenters. The molecule has 0 radical (unpaired) electrons. The molecule has 0 spiro atoms. The molecular formula is C15H16N6. The van der Waals surface area contributed by atoms with Crippen LogP contribution in [0.3, 0.4) is 0 Å².